The van der Waals surface area contributed by atoms with Crippen LogP contribution in [0.2, 0.25) is 0 Å². The van der Waals surface area contributed by atoms with Crippen molar-refractivity contribution in [1.82, 2.24) is 4.98 Å². The van der Waals surface area contributed by atoms with Crippen LogP contribution in [0, 0.1) is 6.92 Å². The maximum Gasteiger partial charge on any atom is 0.129 e. The number of nitrogens with two attached hydrogens (primary N) is 1. The highest BCUT2D eigenvalue weighted by atomic mass is 15.0. The summed E-state index contributed by atoms with van der Waals surface area (Å²) < 4.78 is 0. The predicted molar refractivity (Wildman–Crippen MR) is 65.0 cm³/mol. The van der Waals surface area contributed by atoms with Crippen LogP contribution in [-0.4, -0.2) is 17.6 Å². The summed E-state index contributed by atoms with van der Waals surface area (Å²) in [6.45, 7) is 4.92. The Morgan fingerprint density at radius 1 is 1.53 bits per heavy atom. The summed E-state index contributed by atoms with van der Waals surface area (Å²) in [6.07, 6.45) is 5.34. The Morgan fingerprint density at radius 2 is 2.33 bits per heavy atom. The number of hydrogen-bond donors (Lipinski definition) is 2. The monoisotopic (exact) mass is 207 g/mol. The number of aromatic nitrogens is 1. The summed E-state index contributed by atoms with van der Waals surface area (Å²) in [7, 11) is 0. The lowest BCUT2D eigenvalue weighted by Gasteiger charge is -2.18. The largest absolute Gasteiger partial charge is 0.366 e. The van der Waals surface area contributed by atoms with E-state index in [4.69, 9.17) is 5.73 Å². The lowest BCUT2D eigenvalue weighted by molar-refractivity contribution is 0.612. The summed E-state index contributed by atoms with van der Waals surface area (Å²) in [5.41, 5.74) is 6.89. The molecule has 0 aliphatic carbocycles. The number of anilines is 1. The van der Waals surface area contributed by atoms with E-state index in [-0.39, 0.29) is 0 Å². The Bertz CT molecular complexity index is 286. The fraction of sp³-hybridized carbons (Fsp3) is 0.583. The average molecular weight is 207 g/mol. The van der Waals surface area contributed by atoms with Gasteiger partial charge in [-0.05, 0) is 25.0 Å². The van der Waals surface area contributed by atoms with E-state index in [0.29, 0.717) is 12.6 Å². The molecule has 0 radical (unpaired) electrons. The van der Waals surface area contributed by atoms with Gasteiger partial charge >= 0.3 is 0 Å². The number of unbranched alkanes of at least 4 members (excludes halogenated alkanes) is 1. The van der Waals surface area contributed by atoms with Crippen molar-refractivity contribution in [3.63, 3.8) is 0 Å². The molecule has 1 rings (SSSR count). The van der Waals surface area contributed by atoms with E-state index in [9.17, 15) is 0 Å². The molecule has 3 N–H and O–H groups in total. The van der Waals surface area contributed by atoms with Gasteiger partial charge in [0.2, 0.25) is 0 Å². The van der Waals surface area contributed by atoms with E-state index in [1.165, 1.54) is 18.4 Å². The standard InChI is InChI=1S/C12H21N3/c1-3-4-7-11(9-13)15-12-10(2)6-5-8-14-12/h5-6,8,11H,3-4,7,9,13H2,1-2H3,(H,14,15). The van der Waals surface area contributed by atoms with Crippen molar-refractivity contribution in [2.45, 2.75) is 39.2 Å². The summed E-state index contributed by atoms with van der Waals surface area (Å²) >= 11 is 0. The van der Waals surface area contributed by atoms with Crippen LogP contribution in [0.4, 0.5) is 5.82 Å². The number of hydrogen-bond acceptors (Lipinski definition) is 3. The van der Waals surface area contributed by atoms with Crippen LogP contribution in [0.25, 0.3) is 0 Å². The van der Waals surface area contributed by atoms with Crippen LogP contribution in [0.5, 0.6) is 0 Å². The summed E-state index contributed by atoms with van der Waals surface area (Å²) in [4.78, 5) is 4.31. The van der Waals surface area contributed by atoms with Gasteiger partial charge in [0.25, 0.3) is 0 Å². The highest BCUT2D eigenvalue weighted by Crippen LogP contribution is 2.12. The third-order valence-electron chi connectivity index (χ3n) is 2.54. The van der Waals surface area contributed by atoms with Crippen molar-refractivity contribution in [1.29, 1.82) is 0 Å². The van der Waals surface area contributed by atoms with Crippen LogP contribution >= 0.6 is 0 Å². The molecule has 3 heteroatoms. The molecule has 1 heterocycles. The van der Waals surface area contributed by atoms with E-state index in [1.54, 1.807) is 0 Å². The average Bonchev–Trinajstić information content (AvgIpc) is 2.26. The molecule has 3 nitrogen and oxygen atoms in total. The molecule has 1 unspecified atom stereocenters. The lowest BCUT2D eigenvalue weighted by Crippen LogP contribution is -2.29. The Balaban J connectivity index is 2.54. The van der Waals surface area contributed by atoms with E-state index < -0.39 is 0 Å². The minimum Gasteiger partial charge on any atom is -0.366 e. The lowest BCUT2D eigenvalue weighted by atomic mass is 10.1. The number of nitrogens with one attached hydrogen (secondary N) is 1. The summed E-state index contributed by atoms with van der Waals surface area (Å²) in [6, 6.07) is 4.35. The quantitative estimate of drug-likeness (QED) is 0.752. The molecule has 0 amide bonds. The van der Waals surface area contributed by atoms with Gasteiger partial charge in [-0.15, -0.1) is 0 Å². The normalized spacial score (nSPS) is 12.5. The van der Waals surface area contributed by atoms with Crippen LogP contribution < -0.4 is 11.1 Å². The van der Waals surface area contributed by atoms with Gasteiger partial charge in [0.1, 0.15) is 5.82 Å². The van der Waals surface area contributed by atoms with Gasteiger partial charge in [0.15, 0.2) is 0 Å². The second kappa shape index (κ2) is 6.40. The van der Waals surface area contributed by atoms with Gasteiger partial charge in [0, 0.05) is 18.8 Å². The fourth-order valence-electron chi connectivity index (χ4n) is 1.53. The Labute approximate surface area is 92.1 Å². The Kier molecular flexibility index (Phi) is 5.12. The molecular formula is C12H21N3. The van der Waals surface area contributed by atoms with Gasteiger partial charge in [-0.3, -0.25) is 0 Å². The van der Waals surface area contributed by atoms with Gasteiger partial charge in [-0.2, -0.15) is 0 Å². The minimum atomic E-state index is 0.346. The molecule has 0 saturated carbocycles. The smallest absolute Gasteiger partial charge is 0.129 e. The zero-order chi connectivity index (χ0) is 11.1. The minimum absolute atomic E-state index is 0.346. The van der Waals surface area contributed by atoms with Crippen molar-refractivity contribution < 1.29 is 0 Å². The fourth-order valence-corrected chi connectivity index (χ4v) is 1.53. The molecule has 0 spiro atoms. The molecule has 0 saturated heterocycles. The van der Waals surface area contributed by atoms with Crippen molar-refractivity contribution in [3.05, 3.63) is 23.9 Å². The molecule has 84 valence electrons. The van der Waals surface area contributed by atoms with Crippen LogP contribution in [0.15, 0.2) is 18.3 Å². The number of rotatable bonds is 6. The highest BCUT2D eigenvalue weighted by molar-refractivity contribution is 5.43. The Morgan fingerprint density at radius 3 is 2.93 bits per heavy atom. The molecule has 1 atom stereocenters. The van der Waals surface area contributed by atoms with Gasteiger partial charge in [-0.25, -0.2) is 4.98 Å². The summed E-state index contributed by atoms with van der Waals surface area (Å²) in [5.74, 6) is 0.962. The summed E-state index contributed by atoms with van der Waals surface area (Å²) in [5, 5.41) is 3.40. The van der Waals surface area contributed by atoms with Crippen molar-refractivity contribution in [3.8, 4) is 0 Å². The second-order valence-corrected chi connectivity index (χ2v) is 3.89. The molecule has 0 fully saturated rings. The maximum absolute atomic E-state index is 5.72. The molecule has 0 aliphatic heterocycles. The third-order valence-corrected chi connectivity index (χ3v) is 2.54. The van der Waals surface area contributed by atoms with Crippen molar-refractivity contribution in [2.24, 2.45) is 5.73 Å². The molecule has 0 aliphatic rings. The van der Waals surface area contributed by atoms with Crippen LogP contribution in [0.3, 0.4) is 0 Å². The third kappa shape index (κ3) is 3.88. The molecule has 0 bridgehead atoms. The molecule has 1 aromatic heterocycles. The first-order valence-electron chi connectivity index (χ1n) is 5.66. The van der Waals surface area contributed by atoms with Crippen molar-refractivity contribution in [2.75, 3.05) is 11.9 Å². The first kappa shape index (κ1) is 12.0. The zero-order valence-electron chi connectivity index (χ0n) is 9.66. The first-order chi connectivity index (χ1) is 7.27. The SMILES string of the molecule is CCCCC(CN)Nc1ncccc1C. The van der Waals surface area contributed by atoms with E-state index in [0.717, 1.165) is 12.2 Å². The number of pyridine rings is 1. The van der Waals surface area contributed by atoms with E-state index in [1.807, 2.05) is 12.3 Å². The van der Waals surface area contributed by atoms with Gasteiger partial charge in [0.05, 0.1) is 0 Å². The van der Waals surface area contributed by atoms with Gasteiger partial charge in [-0.1, -0.05) is 25.8 Å². The van der Waals surface area contributed by atoms with E-state index >= 15 is 0 Å². The maximum atomic E-state index is 5.72. The number of nitrogens with zero attached hydrogens (tertiary/aromatic N) is 1. The van der Waals surface area contributed by atoms with E-state index in [2.05, 4.69) is 30.2 Å². The molecule has 1 aromatic rings. The Hall–Kier alpha value is -1.09. The topological polar surface area (TPSA) is 50.9 Å². The molecule has 0 aromatic carbocycles. The van der Waals surface area contributed by atoms with Crippen molar-refractivity contribution >= 4 is 5.82 Å². The molecular weight excluding hydrogens is 186 g/mol. The van der Waals surface area contributed by atoms with Crippen LogP contribution in [0.1, 0.15) is 31.7 Å². The first-order valence-corrected chi connectivity index (χ1v) is 5.66. The van der Waals surface area contributed by atoms with Crippen LogP contribution in [-0.2, 0) is 0 Å². The predicted octanol–water partition coefficient (Wildman–Crippen LogP) is 2.32. The van der Waals surface area contributed by atoms with Gasteiger partial charge < -0.3 is 11.1 Å². The molecule has 15 heavy (non-hydrogen) atoms. The zero-order valence-corrected chi connectivity index (χ0v) is 9.66. The highest BCUT2D eigenvalue weighted by Gasteiger charge is 2.07. The second-order valence-electron chi connectivity index (χ2n) is 3.89. The number of aryl methyl sites for hydroxylation is 1.